The molecule has 0 saturated carbocycles. The third-order valence-corrected chi connectivity index (χ3v) is 5.85. The maximum atomic E-state index is 6.61. The SMILES string of the molecule is N[C@@H]1CC(COc2ccncc2)=C(c2cccnc2)C[C@H]1c1ccc(Cl)cc1Cl. The summed E-state index contributed by atoms with van der Waals surface area (Å²) in [5.41, 5.74) is 11.1. The molecule has 2 N–H and O–H groups in total. The van der Waals surface area contributed by atoms with Crippen LogP contribution in [-0.2, 0) is 0 Å². The number of benzene rings is 1. The van der Waals surface area contributed by atoms with Crippen molar-refractivity contribution in [3.05, 3.63) is 94.0 Å². The van der Waals surface area contributed by atoms with E-state index in [9.17, 15) is 0 Å². The van der Waals surface area contributed by atoms with Crippen LogP contribution in [0.25, 0.3) is 5.57 Å². The smallest absolute Gasteiger partial charge is 0.122 e. The van der Waals surface area contributed by atoms with Crippen LogP contribution in [0.1, 0.15) is 29.9 Å². The Morgan fingerprint density at radius 1 is 1.00 bits per heavy atom. The van der Waals surface area contributed by atoms with Crippen LogP contribution in [0.5, 0.6) is 5.75 Å². The predicted octanol–water partition coefficient (Wildman–Crippen LogP) is 5.52. The average Bonchev–Trinajstić information content (AvgIpc) is 2.74. The lowest BCUT2D eigenvalue weighted by molar-refractivity contribution is 0.337. The number of halogens is 2. The van der Waals surface area contributed by atoms with E-state index in [0.717, 1.165) is 29.7 Å². The van der Waals surface area contributed by atoms with Gasteiger partial charge in [-0.15, -0.1) is 0 Å². The van der Waals surface area contributed by atoms with E-state index in [1.807, 2.05) is 36.5 Å². The minimum atomic E-state index is -0.0647. The lowest BCUT2D eigenvalue weighted by Crippen LogP contribution is -2.34. The maximum Gasteiger partial charge on any atom is 0.122 e. The van der Waals surface area contributed by atoms with Crippen molar-refractivity contribution in [1.29, 1.82) is 0 Å². The van der Waals surface area contributed by atoms with Gasteiger partial charge in [0.15, 0.2) is 0 Å². The van der Waals surface area contributed by atoms with Crippen molar-refractivity contribution >= 4 is 28.8 Å². The number of hydrogen-bond donors (Lipinski definition) is 1. The van der Waals surface area contributed by atoms with E-state index in [0.29, 0.717) is 16.7 Å². The summed E-state index contributed by atoms with van der Waals surface area (Å²) in [4.78, 5) is 8.33. The molecule has 0 saturated heterocycles. The molecule has 1 aliphatic rings. The minimum Gasteiger partial charge on any atom is -0.489 e. The fourth-order valence-corrected chi connectivity index (χ4v) is 4.37. The molecule has 0 radical (unpaired) electrons. The highest BCUT2D eigenvalue weighted by Crippen LogP contribution is 2.42. The molecule has 0 unspecified atom stereocenters. The van der Waals surface area contributed by atoms with Gasteiger partial charge in [0, 0.05) is 46.8 Å². The number of pyridine rings is 2. The van der Waals surface area contributed by atoms with E-state index in [1.54, 1.807) is 24.7 Å². The topological polar surface area (TPSA) is 61.0 Å². The van der Waals surface area contributed by atoms with Crippen LogP contribution in [0.15, 0.2) is 72.8 Å². The van der Waals surface area contributed by atoms with E-state index < -0.39 is 0 Å². The molecular weight excluding hydrogens is 405 g/mol. The van der Waals surface area contributed by atoms with E-state index in [2.05, 4.69) is 16.0 Å². The number of ether oxygens (including phenoxy) is 1. The number of aromatic nitrogens is 2. The molecule has 0 amide bonds. The first-order valence-corrected chi connectivity index (χ1v) is 10.2. The lowest BCUT2D eigenvalue weighted by Gasteiger charge is -2.33. The van der Waals surface area contributed by atoms with Gasteiger partial charge in [-0.2, -0.15) is 0 Å². The van der Waals surface area contributed by atoms with Crippen LogP contribution in [-0.4, -0.2) is 22.6 Å². The molecule has 0 spiro atoms. The van der Waals surface area contributed by atoms with Crippen molar-refractivity contribution < 1.29 is 4.74 Å². The molecule has 1 aromatic carbocycles. The number of nitrogens with two attached hydrogens (primary N) is 1. The zero-order valence-electron chi connectivity index (χ0n) is 15.8. The minimum absolute atomic E-state index is 0.0647. The van der Waals surface area contributed by atoms with Gasteiger partial charge in [0.1, 0.15) is 12.4 Å². The molecule has 2 atom stereocenters. The molecular formula is C23H21Cl2N3O. The Morgan fingerprint density at radius 2 is 1.83 bits per heavy atom. The molecule has 0 aliphatic heterocycles. The second-order valence-corrected chi connectivity index (χ2v) is 7.98. The van der Waals surface area contributed by atoms with Crippen molar-refractivity contribution in [2.75, 3.05) is 6.61 Å². The standard InChI is InChI=1S/C23H21Cl2N3O/c24-17-3-4-19(22(25)11-17)21-12-20(15-2-1-7-28-13-15)16(10-23(21)26)14-29-18-5-8-27-9-6-18/h1-9,11,13,21,23H,10,12,14,26H2/t21-,23+/m0/s1. The van der Waals surface area contributed by atoms with Crippen LogP contribution in [0.4, 0.5) is 0 Å². The summed E-state index contributed by atoms with van der Waals surface area (Å²) < 4.78 is 6.01. The number of hydrogen-bond acceptors (Lipinski definition) is 4. The lowest BCUT2D eigenvalue weighted by atomic mass is 9.75. The molecule has 0 fully saturated rings. The largest absolute Gasteiger partial charge is 0.489 e. The highest BCUT2D eigenvalue weighted by molar-refractivity contribution is 6.35. The zero-order chi connectivity index (χ0) is 20.2. The Bertz CT molecular complexity index is 1010. The molecule has 3 aromatic rings. The van der Waals surface area contributed by atoms with Gasteiger partial charge in [0.25, 0.3) is 0 Å². The molecule has 29 heavy (non-hydrogen) atoms. The summed E-state index contributed by atoms with van der Waals surface area (Å²) in [6.45, 7) is 0.475. The zero-order valence-corrected chi connectivity index (χ0v) is 17.3. The second kappa shape index (κ2) is 8.95. The first-order valence-electron chi connectivity index (χ1n) is 9.46. The van der Waals surface area contributed by atoms with Crippen molar-refractivity contribution in [2.45, 2.75) is 24.8 Å². The fraction of sp³-hybridized carbons (Fsp3) is 0.217. The summed E-state index contributed by atoms with van der Waals surface area (Å²) in [6.07, 6.45) is 8.59. The molecule has 2 aromatic heterocycles. The quantitative estimate of drug-likeness (QED) is 0.584. The Hall–Kier alpha value is -2.40. The van der Waals surface area contributed by atoms with E-state index in [-0.39, 0.29) is 12.0 Å². The number of nitrogens with zero attached hydrogens (tertiary/aromatic N) is 2. The van der Waals surface area contributed by atoms with E-state index in [4.69, 9.17) is 33.7 Å². The second-order valence-electron chi connectivity index (χ2n) is 7.14. The Labute approximate surface area is 180 Å². The molecule has 2 heterocycles. The van der Waals surface area contributed by atoms with Gasteiger partial charge in [-0.25, -0.2) is 0 Å². The number of rotatable bonds is 5. The Kier molecular flexibility index (Phi) is 6.14. The highest BCUT2D eigenvalue weighted by Gasteiger charge is 2.31. The first-order chi connectivity index (χ1) is 14.1. The normalized spacial score (nSPS) is 19.3. The van der Waals surface area contributed by atoms with Crippen molar-refractivity contribution in [3.8, 4) is 5.75 Å². The summed E-state index contributed by atoms with van der Waals surface area (Å²) in [6, 6.07) is 13.3. The molecule has 148 valence electrons. The van der Waals surface area contributed by atoms with Gasteiger partial charge >= 0.3 is 0 Å². The van der Waals surface area contributed by atoms with Gasteiger partial charge in [0.05, 0.1) is 0 Å². The third kappa shape index (κ3) is 4.61. The molecule has 4 nitrogen and oxygen atoms in total. The Morgan fingerprint density at radius 3 is 2.55 bits per heavy atom. The first kappa shape index (κ1) is 19.9. The van der Waals surface area contributed by atoms with E-state index >= 15 is 0 Å². The molecule has 6 heteroatoms. The summed E-state index contributed by atoms with van der Waals surface area (Å²) in [7, 11) is 0. The van der Waals surface area contributed by atoms with Gasteiger partial charge in [-0.3, -0.25) is 9.97 Å². The molecule has 4 rings (SSSR count). The highest BCUT2D eigenvalue weighted by atomic mass is 35.5. The Balaban J connectivity index is 1.67. The van der Waals surface area contributed by atoms with Crippen LogP contribution in [0.2, 0.25) is 10.0 Å². The van der Waals surface area contributed by atoms with Crippen molar-refractivity contribution in [1.82, 2.24) is 9.97 Å². The summed E-state index contributed by atoms with van der Waals surface area (Å²) >= 11 is 12.6. The molecule has 1 aliphatic carbocycles. The van der Waals surface area contributed by atoms with E-state index in [1.165, 1.54) is 11.1 Å². The van der Waals surface area contributed by atoms with Crippen LogP contribution >= 0.6 is 23.2 Å². The maximum absolute atomic E-state index is 6.61. The van der Waals surface area contributed by atoms with Crippen LogP contribution < -0.4 is 10.5 Å². The van der Waals surface area contributed by atoms with Crippen LogP contribution in [0.3, 0.4) is 0 Å². The van der Waals surface area contributed by atoms with Crippen molar-refractivity contribution in [3.63, 3.8) is 0 Å². The van der Waals surface area contributed by atoms with Gasteiger partial charge in [-0.1, -0.05) is 35.3 Å². The summed E-state index contributed by atoms with van der Waals surface area (Å²) in [5.74, 6) is 0.883. The monoisotopic (exact) mass is 425 g/mol. The summed E-state index contributed by atoms with van der Waals surface area (Å²) in [5, 5.41) is 1.28. The van der Waals surface area contributed by atoms with Gasteiger partial charge in [0.2, 0.25) is 0 Å². The van der Waals surface area contributed by atoms with Crippen LogP contribution in [0, 0.1) is 0 Å². The van der Waals surface area contributed by atoms with Gasteiger partial charge in [-0.05, 0) is 65.4 Å². The van der Waals surface area contributed by atoms with Crippen molar-refractivity contribution in [2.24, 2.45) is 5.73 Å². The average molecular weight is 426 g/mol. The van der Waals surface area contributed by atoms with Gasteiger partial charge < -0.3 is 10.5 Å². The fourth-order valence-electron chi connectivity index (χ4n) is 3.82. The molecule has 0 bridgehead atoms. The third-order valence-electron chi connectivity index (χ3n) is 5.28. The predicted molar refractivity (Wildman–Crippen MR) is 117 cm³/mol. The number of allylic oxidation sites excluding steroid dienone is 1.